The number of amides is 1. The molecule has 5 nitrogen and oxygen atoms in total. The van der Waals surface area contributed by atoms with E-state index in [1.54, 1.807) is 7.11 Å². The molecule has 1 amide bonds. The lowest BCUT2D eigenvalue weighted by Gasteiger charge is -2.12. The van der Waals surface area contributed by atoms with Crippen molar-refractivity contribution in [2.45, 2.75) is 12.5 Å². The summed E-state index contributed by atoms with van der Waals surface area (Å²) in [4.78, 5) is 14.9. The van der Waals surface area contributed by atoms with Crippen molar-refractivity contribution in [3.63, 3.8) is 0 Å². The second-order valence-corrected chi connectivity index (χ2v) is 4.13. The third kappa shape index (κ3) is 2.88. The van der Waals surface area contributed by atoms with Crippen molar-refractivity contribution in [3.05, 3.63) is 30.5 Å². The van der Waals surface area contributed by atoms with Gasteiger partial charge in [0.05, 0.1) is 12.5 Å². The molecule has 1 aromatic heterocycles. The van der Waals surface area contributed by atoms with E-state index in [1.165, 1.54) is 0 Å². The molecule has 1 heterocycles. The molecule has 0 bridgehead atoms. The number of carbonyl (C=O) groups excluding carboxylic acids is 1. The molecule has 0 saturated carbocycles. The van der Waals surface area contributed by atoms with Gasteiger partial charge in [-0.2, -0.15) is 0 Å². The van der Waals surface area contributed by atoms with Crippen LogP contribution in [0.5, 0.6) is 0 Å². The summed E-state index contributed by atoms with van der Waals surface area (Å²) < 4.78 is 5.07. The minimum absolute atomic E-state index is 0.0952. The van der Waals surface area contributed by atoms with Crippen molar-refractivity contribution in [2.24, 2.45) is 5.73 Å². The molecule has 0 aliphatic heterocycles. The van der Waals surface area contributed by atoms with E-state index in [4.69, 9.17) is 10.5 Å². The molecule has 5 heteroatoms. The zero-order valence-corrected chi connectivity index (χ0v) is 10.3. The molecule has 18 heavy (non-hydrogen) atoms. The first-order valence-electron chi connectivity index (χ1n) is 5.83. The van der Waals surface area contributed by atoms with E-state index in [0.29, 0.717) is 6.54 Å². The van der Waals surface area contributed by atoms with Crippen LogP contribution >= 0.6 is 0 Å². The number of anilines is 1. The molecule has 2 aromatic rings. The van der Waals surface area contributed by atoms with E-state index < -0.39 is 0 Å². The molecule has 96 valence electrons. The molecular formula is C13H17N3O2. The number of nitrogens with one attached hydrogen (secondary N) is 2. The highest BCUT2D eigenvalue weighted by molar-refractivity contribution is 5.94. The molecule has 2 rings (SSSR count). The van der Waals surface area contributed by atoms with E-state index in [9.17, 15) is 4.79 Å². The maximum Gasteiger partial charge on any atom is 0.227 e. The molecule has 1 atom stereocenters. The predicted molar refractivity (Wildman–Crippen MR) is 71.4 cm³/mol. The topological polar surface area (TPSA) is 80.1 Å². The molecule has 0 spiro atoms. The van der Waals surface area contributed by atoms with Crippen LogP contribution in [-0.4, -0.2) is 30.6 Å². The number of fused-ring (bicyclic) bond motifs is 1. The van der Waals surface area contributed by atoms with Crippen LogP contribution < -0.4 is 11.1 Å². The summed E-state index contributed by atoms with van der Waals surface area (Å²) in [7, 11) is 1.55. The summed E-state index contributed by atoms with van der Waals surface area (Å²) >= 11 is 0. The van der Waals surface area contributed by atoms with Crippen LogP contribution in [0, 0.1) is 0 Å². The van der Waals surface area contributed by atoms with Crippen LogP contribution in [0.3, 0.4) is 0 Å². The molecule has 0 saturated heterocycles. The third-order valence-electron chi connectivity index (χ3n) is 2.85. The van der Waals surface area contributed by atoms with Gasteiger partial charge in [0.2, 0.25) is 5.91 Å². The molecule has 1 aromatic carbocycles. The highest BCUT2D eigenvalue weighted by Crippen LogP contribution is 2.18. The van der Waals surface area contributed by atoms with Gasteiger partial charge < -0.3 is 20.8 Å². The Balaban J connectivity index is 2.01. The van der Waals surface area contributed by atoms with E-state index in [-0.39, 0.29) is 18.4 Å². The highest BCUT2D eigenvalue weighted by Gasteiger charge is 2.11. The van der Waals surface area contributed by atoms with Crippen LogP contribution in [0.15, 0.2) is 30.5 Å². The Morgan fingerprint density at radius 2 is 2.33 bits per heavy atom. The third-order valence-corrected chi connectivity index (χ3v) is 2.85. The SMILES string of the molecule is COC(CN)CC(=O)Nc1ccc2[nH]ccc2c1. The second kappa shape index (κ2) is 5.66. The number of aromatic nitrogens is 1. The number of aromatic amines is 1. The quantitative estimate of drug-likeness (QED) is 0.748. The summed E-state index contributed by atoms with van der Waals surface area (Å²) in [6.45, 7) is 0.334. The van der Waals surface area contributed by atoms with Crippen molar-refractivity contribution < 1.29 is 9.53 Å². The number of carbonyl (C=O) groups is 1. The Morgan fingerprint density at radius 3 is 3.06 bits per heavy atom. The number of rotatable bonds is 5. The Bertz CT molecular complexity index is 532. The summed E-state index contributed by atoms with van der Waals surface area (Å²) in [6.07, 6.45) is 1.89. The summed E-state index contributed by atoms with van der Waals surface area (Å²) in [5, 5.41) is 3.90. The van der Waals surface area contributed by atoms with Crippen molar-refractivity contribution in [1.82, 2.24) is 4.98 Å². The van der Waals surface area contributed by atoms with Crippen molar-refractivity contribution in [2.75, 3.05) is 19.0 Å². The lowest BCUT2D eigenvalue weighted by atomic mass is 10.2. The van der Waals surface area contributed by atoms with Gasteiger partial charge in [-0.3, -0.25) is 4.79 Å². The van der Waals surface area contributed by atoms with E-state index in [2.05, 4.69) is 10.3 Å². The lowest BCUT2D eigenvalue weighted by Crippen LogP contribution is -2.28. The van der Waals surface area contributed by atoms with E-state index >= 15 is 0 Å². The Morgan fingerprint density at radius 1 is 1.50 bits per heavy atom. The number of nitrogens with two attached hydrogens (primary N) is 1. The molecule has 4 N–H and O–H groups in total. The largest absolute Gasteiger partial charge is 0.380 e. The Kier molecular flexibility index (Phi) is 3.96. The normalized spacial score (nSPS) is 12.6. The highest BCUT2D eigenvalue weighted by atomic mass is 16.5. The van der Waals surface area contributed by atoms with E-state index in [1.807, 2.05) is 30.5 Å². The predicted octanol–water partition coefficient (Wildman–Crippen LogP) is 1.47. The second-order valence-electron chi connectivity index (χ2n) is 4.13. The Labute approximate surface area is 105 Å². The average molecular weight is 247 g/mol. The number of benzene rings is 1. The fourth-order valence-corrected chi connectivity index (χ4v) is 1.81. The number of hydrogen-bond acceptors (Lipinski definition) is 3. The molecule has 0 radical (unpaired) electrons. The zero-order valence-electron chi connectivity index (χ0n) is 10.3. The van der Waals surface area contributed by atoms with Gasteiger partial charge >= 0.3 is 0 Å². The van der Waals surface area contributed by atoms with Crippen LogP contribution in [-0.2, 0) is 9.53 Å². The van der Waals surface area contributed by atoms with Gasteiger partial charge in [-0.15, -0.1) is 0 Å². The number of ether oxygens (including phenoxy) is 1. The Hall–Kier alpha value is -1.85. The summed E-state index contributed by atoms with van der Waals surface area (Å²) in [5.41, 5.74) is 7.30. The van der Waals surface area contributed by atoms with Crippen LogP contribution in [0.4, 0.5) is 5.69 Å². The van der Waals surface area contributed by atoms with E-state index in [0.717, 1.165) is 16.6 Å². The molecule has 0 aliphatic rings. The smallest absolute Gasteiger partial charge is 0.227 e. The average Bonchev–Trinajstić information content (AvgIpc) is 2.83. The monoisotopic (exact) mass is 247 g/mol. The first-order valence-corrected chi connectivity index (χ1v) is 5.83. The van der Waals surface area contributed by atoms with Gasteiger partial charge in [0.25, 0.3) is 0 Å². The van der Waals surface area contributed by atoms with Crippen LogP contribution in [0.25, 0.3) is 10.9 Å². The maximum atomic E-state index is 11.8. The number of hydrogen-bond donors (Lipinski definition) is 3. The van der Waals surface area contributed by atoms with Gasteiger partial charge in [-0.05, 0) is 24.3 Å². The van der Waals surface area contributed by atoms with Gasteiger partial charge in [-0.25, -0.2) is 0 Å². The van der Waals surface area contributed by atoms with Crippen molar-refractivity contribution in [3.8, 4) is 0 Å². The molecule has 0 aliphatic carbocycles. The van der Waals surface area contributed by atoms with Crippen molar-refractivity contribution in [1.29, 1.82) is 0 Å². The molecular weight excluding hydrogens is 230 g/mol. The minimum Gasteiger partial charge on any atom is -0.380 e. The maximum absolute atomic E-state index is 11.8. The van der Waals surface area contributed by atoms with Gasteiger partial charge in [0.15, 0.2) is 0 Å². The first-order chi connectivity index (χ1) is 8.72. The zero-order chi connectivity index (χ0) is 13.0. The van der Waals surface area contributed by atoms with Gasteiger partial charge in [0.1, 0.15) is 0 Å². The van der Waals surface area contributed by atoms with Crippen LogP contribution in [0.2, 0.25) is 0 Å². The van der Waals surface area contributed by atoms with Gasteiger partial charge in [-0.1, -0.05) is 0 Å². The fourth-order valence-electron chi connectivity index (χ4n) is 1.81. The summed E-state index contributed by atoms with van der Waals surface area (Å²) in [6, 6.07) is 7.68. The van der Waals surface area contributed by atoms with Gasteiger partial charge in [0, 0.05) is 36.4 Å². The number of methoxy groups -OCH3 is 1. The van der Waals surface area contributed by atoms with Crippen LogP contribution in [0.1, 0.15) is 6.42 Å². The molecule has 1 unspecified atom stereocenters. The lowest BCUT2D eigenvalue weighted by molar-refractivity contribution is -0.118. The molecule has 0 fully saturated rings. The standard InChI is InChI=1S/C13H17N3O2/c1-18-11(8-14)7-13(17)16-10-2-3-12-9(6-10)4-5-15-12/h2-6,11,15H,7-8,14H2,1H3,(H,16,17). The first kappa shape index (κ1) is 12.6. The number of H-pyrrole nitrogens is 1. The van der Waals surface area contributed by atoms with Crippen molar-refractivity contribution >= 4 is 22.5 Å². The summed E-state index contributed by atoms with van der Waals surface area (Å²) in [5.74, 6) is -0.0952. The minimum atomic E-state index is -0.235. The fraction of sp³-hybridized carbons (Fsp3) is 0.308.